The second-order valence-electron chi connectivity index (χ2n) is 7.77. The van der Waals surface area contributed by atoms with Crippen molar-refractivity contribution in [2.45, 2.75) is 31.9 Å². The largest absolute Gasteiger partial charge is 0.388 e. The molecule has 2 saturated heterocycles. The Kier molecular flexibility index (Phi) is 4.63. The molecular weight excluding hydrogens is 331 g/mol. The summed E-state index contributed by atoms with van der Waals surface area (Å²) < 4.78 is 13.2. The van der Waals surface area contributed by atoms with E-state index in [2.05, 4.69) is 26.7 Å². The van der Waals surface area contributed by atoms with Gasteiger partial charge in [-0.05, 0) is 36.6 Å². The molecule has 26 heavy (non-hydrogen) atoms. The number of hydrogen-bond donors (Lipinski definition) is 1. The highest BCUT2D eigenvalue weighted by atomic mass is 19.1. The van der Waals surface area contributed by atoms with E-state index in [1.807, 2.05) is 6.07 Å². The molecule has 3 heterocycles. The Morgan fingerprint density at radius 2 is 1.92 bits per heavy atom. The van der Waals surface area contributed by atoms with E-state index in [1.54, 1.807) is 24.5 Å². The number of rotatable bonds is 3. The summed E-state index contributed by atoms with van der Waals surface area (Å²) in [4.78, 5) is 13.5. The predicted molar refractivity (Wildman–Crippen MR) is 98.3 cm³/mol. The molecule has 2 unspecified atom stereocenters. The molecule has 1 aromatic carbocycles. The van der Waals surface area contributed by atoms with Gasteiger partial charge in [0.2, 0.25) is 5.95 Å². The molecular formula is C20H25FN4O. The van der Waals surface area contributed by atoms with Gasteiger partial charge in [0.1, 0.15) is 5.82 Å². The first-order chi connectivity index (χ1) is 12.5. The van der Waals surface area contributed by atoms with Crippen LogP contribution in [-0.2, 0) is 0 Å². The van der Waals surface area contributed by atoms with E-state index in [0.717, 1.165) is 50.5 Å². The van der Waals surface area contributed by atoms with Gasteiger partial charge in [0.05, 0.1) is 6.10 Å². The first-order valence-electron chi connectivity index (χ1n) is 9.25. The second kappa shape index (κ2) is 6.93. The number of piperidine rings is 1. The quantitative estimate of drug-likeness (QED) is 0.916. The minimum atomic E-state index is -0.584. The van der Waals surface area contributed by atoms with Gasteiger partial charge in [-0.25, -0.2) is 14.4 Å². The Morgan fingerprint density at radius 3 is 2.65 bits per heavy atom. The van der Waals surface area contributed by atoms with Crippen LogP contribution in [0.1, 0.15) is 31.4 Å². The summed E-state index contributed by atoms with van der Waals surface area (Å²) in [6.45, 7) is 5.74. The average molecular weight is 356 g/mol. The summed E-state index contributed by atoms with van der Waals surface area (Å²) in [7, 11) is 0. The number of aliphatic hydroxyl groups excluding tert-OH is 1. The first-order valence-corrected chi connectivity index (χ1v) is 9.25. The van der Waals surface area contributed by atoms with Gasteiger partial charge in [0.15, 0.2) is 0 Å². The number of aromatic nitrogens is 2. The second-order valence-corrected chi connectivity index (χ2v) is 7.77. The van der Waals surface area contributed by atoms with E-state index < -0.39 is 6.10 Å². The van der Waals surface area contributed by atoms with Gasteiger partial charge >= 0.3 is 0 Å². The van der Waals surface area contributed by atoms with Crippen molar-refractivity contribution in [1.82, 2.24) is 14.9 Å². The zero-order valence-corrected chi connectivity index (χ0v) is 15.1. The van der Waals surface area contributed by atoms with Crippen molar-refractivity contribution < 1.29 is 9.50 Å². The lowest BCUT2D eigenvalue weighted by Gasteiger charge is -2.51. The van der Waals surface area contributed by atoms with Crippen molar-refractivity contribution in [3.63, 3.8) is 0 Å². The number of benzene rings is 1. The van der Waals surface area contributed by atoms with Crippen LogP contribution in [0.5, 0.6) is 0 Å². The monoisotopic (exact) mass is 356 g/mol. The Hall–Kier alpha value is -2.05. The van der Waals surface area contributed by atoms with Crippen LogP contribution in [0.25, 0.3) is 0 Å². The smallest absolute Gasteiger partial charge is 0.225 e. The van der Waals surface area contributed by atoms with Gasteiger partial charge in [-0.1, -0.05) is 19.1 Å². The molecule has 0 aliphatic carbocycles. The van der Waals surface area contributed by atoms with E-state index in [9.17, 15) is 9.50 Å². The summed E-state index contributed by atoms with van der Waals surface area (Å²) >= 11 is 0. The van der Waals surface area contributed by atoms with Crippen LogP contribution in [0.3, 0.4) is 0 Å². The summed E-state index contributed by atoms with van der Waals surface area (Å²) in [5, 5.41) is 10.9. The summed E-state index contributed by atoms with van der Waals surface area (Å²) in [5.74, 6) is 0.529. The average Bonchev–Trinajstić information content (AvgIpc) is 2.68. The van der Waals surface area contributed by atoms with E-state index in [0.29, 0.717) is 6.04 Å². The molecule has 6 heteroatoms. The lowest BCUT2D eigenvalue weighted by atomic mass is 9.72. The predicted octanol–water partition coefficient (Wildman–Crippen LogP) is 2.64. The summed E-state index contributed by atoms with van der Waals surface area (Å²) in [6, 6.07) is 8.53. The molecule has 138 valence electrons. The van der Waals surface area contributed by atoms with Gasteiger partial charge < -0.3 is 10.0 Å². The molecule has 3 atom stereocenters. The van der Waals surface area contributed by atoms with E-state index in [4.69, 9.17) is 0 Å². The Bertz CT molecular complexity index is 741. The molecule has 4 rings (SSSR count). The topological polar surface area (TPSA) is 52.5 Å². The fraction of sp³-hybridized carbons (Fsp3) is 0.500. The highest BCUT2D eigenvalue weighted by molar-refractivity contribution is 5.30. The maximum atomic E-state index is 13.2. The Labute approximate surface area is 153 Å². The van der Waals surface area contributed by atoms with Crippen molar-refractivity contribution >= 4 is 5.95 Å². The van der Waals surface area contributed by atoms with Crippen molar-refractivity contribution in [2.75, 3.05) is 31.1 Å². The van der Waals surface area contributed by atoms with Crippen LogP contribution in [0.15, 0.2) is 42.7 Å². The lowest BCUT2D eigenvalue weighted by molar-refractivity contribution is -0.0442. The normalized spacial score (nSPS) is 27.8. The standard InChI is InChI=1S/C20H25FN4O/c1-20(18(26)15-3-5-16(21)6-4-15)8-7-17-13-24(11-12-25(17)14-20)19-22-9-2-10-23-19/h2-6,9-10,17-18,26H,7-8,11-14H2,1H3/t17-,18?,20?/m0/s1. The third kappa shape index (κ3) is 3.31. The number of hydrogen-bond acceptors (Lipinski definition) is 5. The zero-order chi connectivity index (χ0) is 18.1. The van der Waals surface area contributed by atoms with Gasteiger partial charge in [-0.15, -0.1) is 0 Å². The van der Waals surface area contributed by atoms with Gasteiger partial charge in [-0.3, -0.25) is 4.90 Å². The highest BCUT2D eigenvalue weighted by Gasteiger charge is 2.43. The maximum absolute atomic E-state index is 13.2. The number of halogens is 1. The molecule has 1 aromatic heterocycles. The molecule has 0 saturated carbocycles. The number of nitrogens with zero attached hydrogens (tertiary/aromatic N) is 4. The van der Waals surface area contributed by atoms with Crippen LogP contribution in [0.2, 0.25) is 0 Å². The lowest BCUT2D eigenvalue weighted by Crippen LogP contribution is -2.59. The van der Waals surface area contributed by atoms with Crippen LogP contribution >= 0.6 is 0 Å². The molecule has 0 bridgehead atoms. The fourth-order valence-corrected chi connectivity index (χ4v) is 4.32. The minimum Gasteiger partial charge on any atom is -0.388 e. The third-order valence-electron chi connectivity index (χ3n) is 5.90. The maximum Gasteiger partial charge on any atom is 0.225 e. The van der Waals surface area contributed by atoms with Crippen molar-refractivity contribution in [2.24, 2.45) is 5.41 Å². The molecule has 0 radical (unpaired) electrons. The summed E-state index contributed by atoms with van der Waals surface area (Å²) in [5.41, 5.74) is 0.573. The fourth-order valence-electron chi connectivity index (χ4n) is 4.32. The van der Waals surface area contributed by atoms with Crippen LogP contribution in [-0.4, -0.2) is 52.2 Å². The van der Waals surface area contributed by atoms with Gasteiger partial charge in [0.25, 0.3) is 0 Å². The van der Waals surface area contributed by atoms with Crippen LogP contribution < -0.4 is 4.90 Å². The molecule has 5 nitrogen and oxygen atoms in total. The zero-order valence-electron chi connectivity index (χ0n) is 15.1. The minimum absolute atomic E-state index is 0.222. The van der Waals surface area contributed by atoms with E-state index in [-0.39, 0.29) is 11.2 Å². The van der Waals surface area contributed by atoms with Gasteiger partial charge in [-0.2, -0.15) is 0 Å². The van der Waals surface area contributed by atoms with E-state index in [1.165, 1.54) is 12.1 Å². The van der Waals surface area contributed by atoms with Crippen LogP contribution in [0, 0.1) is 11.2 Å². The number of aliphatic hydroxyl groups is 1. The molecule has 0 spiro atoms. The number of anilines is 1. The van der Waals surface area contributed by atoms with Crippen molar-refractivity contribution in [1.29, 1.82) is 0 Å². The molecule has 2 aliphatic heterocycles. The molecule has 0 amide bonds. The molecule has 2 fully saturated rings. The molecule has 2 aromatic rings. The number of fused-ring (bicyclic) bond motifs is 1. The highest BCUT2D eigenvalue weighted by Crippen LogP contribution is 2.43. The summed E-state index contributed by atoms with van der Waals surface area (Å²) in [6.07, 6.45) is 4.95. The molecule has 2 aliphatic rings. The van der Waals surface area contributed by atoms with Crippen molar-refractivity contribution in [3.05, 3.63) is 54.1 Å². The Morgan fingerprint density at radius 1 is 1.19 bits per heavy atom. The van der Waals surface area contributed by atoms with Crippen LogP contribution in [0.4, 0.5) is 10.3 Å². The van der Waals surface area contributed by atoms with Gasteiger partial charge in [0, 0.05) is 50.0 Å². The SMILES string of the molecule is CC1(C(O)c2ccc(F)cc2)CC[C@H]2CN(c3ncccn3)CCN2C1. The van der Waals surface area contributed by atoms with E-state index >= 15 is 0 Å². The third-order valence-corrected chi connectivity index (χ3v) is 5.90. The Balaban J connectivity index is 1.44. The molecule has 1 N–H and O–H groups in total. The first kappa shape index (κ1) is 17.4. The number of piperazine rings is 1. The van der Waals surface area contributed by atoms with Crippen molar-refractivity contribution in [3.8, 4) is 0 Å².